The molecule has 0 aliphatic rings. The van der Waals surface area contributed by atoms with Gasteiger partial charge in [-0.05, 0) is 48.9 Å². The van der Waals surface area contributed by atoms with Gasteiger partial charge in [0.15, 0.2) is 0 Å². The third-order valence-corrected chi connectivity index (χ3v) is 4.57. The molecule has 0 saturated carbocycles. The Labute approximate surface area is 188 Å². The van der Waals surface area contributed by atoms with E-state index >= 15 is 0 Å². The molecule has 0 unspecified atom stereocenters. The van der Waals surface area contributed by atoms with Crippen LogP contribution in [0, 0.1) is 17.0 Å². The normalized spacial score (nSPS) is 10.9. The van der Waals surface area contributed by atoms with Crippen molar-refractivity contribution in [3.8, 4) is 0 Å². The molecule has 0 radical (unpaired) electrons. The van der Waals surface area contributed by atoms with Crippen LogP contribution in [-0.4, -0.2) is 27.8 Å². The maximum Gasteiger partial charge on any atom is 0.335 e. The molecule has 0 aromatic heterocycles. The fourth-order valence-corrected chi connectivity index (χ4v) is 2.88. The van der Waals surface area contributed by atoms with Crippen molar-refractivity contribution < 1.29 is 24.4 Å². The minimum absolute atomic E-state index is 0.0271. The lowest BCUT2D eigenvalue weighted by molar-refractivity contribution is -0.384. The number of nitrogens with zero attached hydrogens (tertiary/aromatic N) is 1. The molecule has 0 saturated heterocycles. The molecule has 9 heteroatoms. The van der Waals surface area contributed by atoms with Crippen LogP contribution >= 0.6 is 0 Å². The van der Waals surface area contributed by atoms with E-state index < -0.39 is 22.7 Å². The first-order valence-corrected chi connectivity index (χ1v) is 9.72. The largest absolute Gasteiger partial charge is 0.478 e. The number of amides is 2. The molecular weight excluding hydrogens is 426 g/mol. The van der Waals surface area contributed by atoms with Gasteiger partial charge in [-0.3, -0.25) is 19.7 Å². The number of carboxylic acids is 1. The Kier molecular flexibility index (Phi) is 6.94. The number of nitro benzene ring substituents is 1. The van der Waals surface area contributed by atoms with E-state index in [1.54, 1.807) is 30.3 Å². The van der Waals surface area contributed by atoms with Crippen LogP contribution in [0.4, 0.5) is 11.4 Å². The summed E-state index contributed by atoms with van der Waals surface area (Å²) >= 11 is 0. The van der Waals surface area contributed by atoms with Gasteiger partial charge in [-0.2, -0.15) is 0 Å². The predicted molar refractivity (Wildman–Crippen MR) is 122 cm³/mol. The van der Waals surface area contributed by atoms with Crippen molar-refractivity contribution in [3.63, 3.8) is 0 Å². The molecule has 166 valence electrons. The van der Waals surface area contributed by atoms with E-state index in [-0.39, 0.29) is 22.6 Å². The van der Waals surface area contributed by atoms with Crippen molar-refractivity contribution in [1.82, 2.24) is 5.32 Å². The number of benzene rings is 3. The molecule has 0 bridgehead atoms. The summed E-state index contributed by atoms with van der Waals surface area (Å²) in [6.07, 6.45) is 1.30. The minimum Gasteiger partial charge on any atom is -0.478 e. The number of hydrogen-bond donors (Lipinski definition) is 3. The summed E-state index contributed by atoms with van der Waals surface area (Å²) in [5.41, 5.74) is 1.40. The molecule has 0 atom stereocenters. The van der Waals surface area contributed by atoms with Crippen molar-refractivity contribution in [2.75, 3.05) is 5.32 Å². The lowest BCUT2D eigenvalue weighted by Gasteiger charge is -2.12. The number of rotatable bonds is 7. The third kappa shape index (κ3) is 6.11. The van der Waals surface area contributed by atoms with Crippen molar-refractivity contribution in [2.45, 2.75) is 6.92 Å². The highest BCUT2D eigenvalue weighted by atomic mass is 16.6. The molecule has 0 aliphatic carbocycles. The topological polar surface area (TPSA) is 139 Å². The van der Waals surface area contributed by atoms with Gasteiger partial charge >= 0.3 is 5.97 Å². The number of carbonyl (C=O) groups excluding carboxylic acids is 2. The maximum atomic E-state index is 13.0. The van der Waals surface area contributed by atoms with Crippen LogP contribution in [0.25, 0.3) is 6.08 Å². The highest BCUT2D eigenvalue weighted by Crippen LogP contribution is 2.17. The smallest absolute Gasteiger partial charge is 0.335 e. The number of aromatic carboxylic acids is 1. The molecule has 0 spiro atoms. The van der Waals surface area contributed by atoms with Crippen molar-refractivity contribution in [3.05, 3.63) is 111 Å². The van der Waals surface area contributed by atoms with Crippen molar-refractivity contribution >= 4 is 35.2 Å². The molecule has 9 nitrogen and oxygen atoms in total. The summed E-state index contributed by atoms with van der Waals surface area (Å²) in [5, 5.41) is 25.3. The standard InChI is InChI=1S/C24H19N3O6/c1-15-8-10-17(11-9-15)22(28)26-21(13-16-4-2-7-20(12-16)27(32)33)23(29)25-19-6-3-5-18(14-19)24(30)31/h2-14H,1H3,(H,25,29)(H,26,28)(H,30,31). The fraction of sp³-hybridized carbons (Fsp3) is 0.0417. The Bertz CT molecular complexity index is 1270. The number of non-ortho nitro benzene ring substituents is 1. The number of hydrogen-bond acceptors (Lipinski definition) is 5. The molecule has 3 rings (SSSR count). The lowest BCUT2D eigenvalue weighted by Crippen LogP contribution is -2.30. The van der Waals surface area contributed by atoms with E-state index in [9.17, 15) is 24.5 Å². The first-order valence-electron chi connectivity index (χ1n) is 9.72. The molecule has 33 heavy (non-hydrogen) atoms. The molecule has 3 N–H and O–H groups in total. The second-order valence-corrected chi connectivity index (χ2v) is 7.07. The van der Waals surface area contributed by atoms with Crippen LogP contribution in [0.15, 0.2) is 78.5 Å². The monoisotopic (exact) mass is 445 g/mol. The van der Waals surface area contributed by atoms with E-state index in [1.807, 2.05) is 6.92 Å². The van der Waals surface area contributed by atoms with E-state index in [0.717, 1.165) is 5.56 Å². The van der Waals surface area contributed by atoms with E-state index in [4.69, 9.17) is 5.11 Å². The van der Waals surface area contributed by atoms with Crippen LogP contribution in [0.1, 0.15) is 31.8 Å². The van der Waals surface area contributed by atoms with Crippen LogP contribution in [0.3, 0.4) is 0 Å². The van der Waals surface area contributed by atoms with Crippen molar-refractivity contribution in [2.24, 2.45) is 0 Å². The SMILES string of the molecule is Cc1ccc(C(=O)NC(=Cc2cccc([N+](=O)[O-])c2)C(=O)Nc2cccc(C(=O)O)c2)cc1. The number of nitrogens with one attached hydrogen (secondary N) is 2. The van der Waals surface area contributed by atoms with Gasteiger partial charge in [-0.15, -0.1) is 0 Å². The lowest BCUT2D eigenvalue weighted by atomic mass is 10.1. The minimum atomic E-state index is -1.16. The van der Waals surface area contributed by atoms with Gasteiger partial charge in [0.1, 0.15) is 5.70 Å². The zero-order valence-corrected chi connectivity index (χ0v) is 17.4. The van der Waals surface area contributed by atoms with Gasteiger partial charge in [-0.1, -0.05) is 35.9 Å². The van der Waals surface area contributed by atoms with Gasteiger partial charge in [0, 0.05) is 23.4 Å². The summed E-state index contributed by atoms with van der Waals surface area (Å²) in [6, 6.07) is 17.9. The summed E-state index contributed by atoms with van der Waals surface area (Å²) in [4.78, 5) is 47.4. The van der Waals surface area contributed by atoms with E-state index in [2.05, 4.69) is 10.6 Å². The number of anilines is 1. The Morgan fingerprint density at radius 2 is 1.64 bits per heavy atom. The number of aryl methyl sites for hydroxylation is 1. The number of carbonyl (C=O) groups is 3. The second kappa shape index (κ2) is 10.0. The average Bonchev–Trinajstić information content (AvgIpc) is 2.79. The Morgan fingerprint density at radius 3 is 2.30 bits per heavy atom. The molecule has 0 aliphatic heterocycles. The first-order chi connectivity index (χ1) is 15.7. The molecular formula is C24H19N3O6. The van der Waals surface area contributed by atoms with Crippen LogP contribution in [0.2, 0.25) is 0 Å². The third-order valence-electron chi connectivity index (χ3n) is 4.57. The Balaban J connectivity index is 1.94. The van der Waals surface area contributed by atoms with Crippen LogP contribution < -0.4 is 10.6 Å². The Morgan fingerprint density at radius 1 is 0.939 bits per heavy atom. The maximum absolute atomic E-state index is 13.0. The first kappa shape index (κ1) is 22.9. The summed E-state index contributed by atoms with van der Waals surface area (Å²) < 4.78 is 0. The fourth-order valence-electron chi connectivity index (χ4n) is 2.88. The van der Waals surface area contributed by atoms with Crippen molar-refractivity contribution in [1.29, 1.82) is 0 Å². The molecule has 0 heterocycles. The summed E-state index contributed by atoms with van der Waals surface area (Å²) in [6.45, 7) is 1.87. The molecule has 3 aromatic carbocycles. The second-order valence-electron chi connectivity index (χ2n) is 7.07. The van der Waals surface area contributed by atoms with Gasteiger partial charge in [-0.25, -0.2) is 4.79 Å². The van der Waals surface area contributed by atoms with Gasteiger partial charge in [0.2, 0.25) is 0 Å². The molecule has 0 fully saturated rings. The Hall–Kier alpha value is -4.79. The number of nitro groups is 1. The van der Waals surface area contributed by atoms with Gasteiger partial charge in [0.05, 0.1) is 10.5 Å². The zero-order chi connectivity index (χ0) is 24.0. The summed E-state index contributed by atoms with van der Waals surface area (Å²) in [5.74, 6) is -2.45. The zero-order valence-electron chi connectivity index (χ0n) is 17.4. The molecule has 3 aromatic rings. The summed E-state index contributed by atoms with van der Waals surface area (Å²) in [7, 11) is 0. The average molecular weight is 445 g/mol. The van der Waals surface area contributed by atoms with Gasteiger partial charge < -0.3 is 15.7 Å². The highest BCUT2D eigenvalue weighted by Gasteiger charge is 2.16. The van der Waals surface area contributed by atoms with E-state index in [0.29, 0.717) is 11.1 Å². The number of carboxylic acid groups (broad SMARTS) is 1. The predicted octanol–water partition coefficient (Wildman–Crippen LogP) is 4.01. The molecule has 2 amide bonds. The van der Waals surface area contributed by atoms with E-state index in [1.165, 1.54) is 48.5 Å². The highest BCUT2D eigenvalue weighted by molar-refractivity contribution is 6.11. The van der Waals surface area contributed by atoms with Crippen LogP contribution in [-0.2, 0) is 4.79 Å². The van der Waals surface area contributed by atoms with Gasteiger partial charge in [0.25, 0.3) is 17.5 Å². The quantitative estimate of drug-likeness (QED) is 0.285. The van der Waals surface area contributed by atoms with Crippen LogP contribution in [0.5, 0.6) is 0 Å².